The van der Waals surface area contributed by atoms with Gasteiger partial charge in [-0.1, -0.05) is 0 Å². The molecule has 1 rings (SSSR count). The molecule has 0 radical (unpaired) electrons. The lowest BCUT2D eigenvalue weighted by Gasteiger charge is -2.12. The highest BCUT2D eigenvalue weighted by Crippen LogP contribution is 2.31. The molecule has 0 saturated carbocycles. The van der Waals surface area contributed by atoms with E-state index in [0.29, 0.717) is 0 Å². The third-order valence-corrected chi connectivity index (χ3v) is 2.06. The van der Waals surface area contributed by atoms with Crippen molar-refractivity contribution < 1.29 is 23.1 Å². The van der Waals surface area contributed by atoms with Crippen molar-refractivity contribution in [3.05, 3.63) is 23.3 Å². The molecule has 0 aliphatic carbocycles. The van der Waals surface area contributed by atoms with E-state index in [9.17, 15) is 8.78 Å². The van der Waals surface area contributed by atoms with Gasteiger partial charge in [-0.2, -0.15) is 5.48 Å². The van der Waals surface area contributed by atoms with Crippen LogP contribution >= 0.6 is 0 Å². The van der Waals surface area contributed by atoms with E-state index in [1.54, 1.807) is 0 Å². The summed E-state index contributed by atoms with van der Waals surface area (Å²) in [4.78, 5) is 4.54. The highest BCUT2D eigenvalue weighted by molar-refractivity contribution is 5.41. The number of nitrogens with one attached hydrogen (secondary N) is 1. The van der Waals surface area contributed by atoms with Crippen LogP contribution in [-0.4, -0.2) is 21.3 Å². The van der Waals surface area contributed by atoms with E-state index in [0.717, 1.165) is 6.07 Å². The van der Waals surface area contributed by atoms with E-state index in [1.165, 1.54) is 21.3 Å². The van der Waals surface area contributed by atoms with E-state index in [-0.39, 0.29) is 23.6 Å². The second kappa shape index (κ2) is 5.62. The van der Waals surface area contributed by atoms with Crippen LogP contribution in [-0.2, 0) is 11.4 Å². The quantitative estimate of drug-likeness (QED) is 0.785. The molecule has 0 saturated heterocycles. The molecule has 0 aromatic heterocycles. The first-order chi connectivity index (χ1) is 7.65. The molecule has 0 unspecified atom stereocenters. The Labute approximate surface area is 92.1 Å². The molecule has 0 heterocycles. The molecule has 0 atom stereocenters. The highest BCUT2D eigenvalue weighted by atomic mass is 19.1. The maximum Gasteiger partial charge on any atom is 0.172 e. The minimum Gasteiger partial charge on any atom is -0.494 e. The molecule has 1 aromatic rings. The average Bonchev–Trinajstić information content (AvgIpc) is 2.29. The van der Waals surface area contributed by atoms with Gasteiger partial charge in [0.1, 0.15) is 0 Å². The molecule has 90 valence electrons. The van der Waals surface area contributed by atoms with Crippen LogP contribution in [0.3, 0.4) is 0 Å². The summed E-state index contributed by atoms with van der Waals surface area (Å²) < 4.78 is 36.9. The van der Waals surface area contributed by atoms with Crippen molar-refractivity contribution in [2.75, 3.05) is 21.3 Å². The Morgan fingerprint density at radius 1 is 1.06 bits per heavy atom. The van der Waals surface area contributed by atoms with Gasteiger partial charge >= 0.3 is 0 Å². The number of hydroxylamine groups is 1. The number of benzene rings is 1. The van der Waals surface area contributed by atoms with Crippen molar-refractivity contribution in [2.24, 2.45) is 0 Å². The lowest BCUT2D eigenvalue weighted by atomic mass is 10.1. The summed E-state index contributed by atoms with van der Waals surface area (Å²) in [6, 6.07) is 1.15. The largest absolute Gasteiger partial charge is 0.494 e. The van der Waals surface area contributed by atoms with E-state index in [4.69, 9.17) is 9.47 Å². The SMILES string of the molecule is CONCc1c(F)c(OC)cc(OC)c1F. The summed E-state index contributed by atoms with van der Waals surface area (Å²) in [6.45, 7) is -0.123. The molecule has 16 heavy (non-hydrogen) atoms. The fraction of sp³-hybridized carbons (Fsp3) is 0.400. The van der Waals surface area contributed by atoms with Gasteiger partial charge in [0.25, 0.3) is 0 Å². The molecule has 0 aliphatic heterocycles. The van der Waals surface area contributed by atoms with Crippen molar-refractivity contribution >= 4 is 0 Å². The summed E-state index contributed by atoms with van der Waals surface area (Å²) in [5.41, 5.74) is 2.16. The van der Waals surface area contributed by atoms with Gasteiger partial charge in [0, 0.05) is 11.6 Å². The third kappa shape index (κ3) is 2.40. The number of hydrogen-bond acceptors (Lipinski definition) is 4. The van der Waals surface area contributed by atoms with Crippen LogP contribution < -0.4 is 15.0 Å². The molecule has 1 aromatic carbocycles. The third-order valence-electron chi connectivity index (χ3n) is 2.06. The maximum absolute atomic E-state index is 13.7. The molecule has 0 spiro atoms. The first-order valence-corrected chi connectivity index (χ1v) is 4.50. The lowest BCUT2D eigenvalue weighted by molar-refractivity contribution is 0.0848. The minimum atomic E-state index is -0.773. The van der Waals surface area contributed by atoms with Crippen LogP contribution in [0, 0.1) is 11.6 Å². The number of halogens is 2. The molecule has 0 fully saturated rings. The topological polar surface area (TPSA) is 39.7 Å². The first kappa shape index (κ1) is 12.7. The van der Waals surface area contributed by atoms with Crippen molar-refractivity contribution in [3.8, 4) is 11.5 Å². The summed E-state index contributed by atoms with van der Waals surface area (Å²) in [6.07, 6.45) is 0. The maximum atomic E-state index is 13.7. The molecule has 0 aliphatic rings. The van der Waals surface area contributed by atoms with Crippen molar-refractivity contribution in [1.82, 2.24) is 5.48 Å². The predicted molar refractivity (Wildman–Crippen MR) is 53.3 cm³/mol. The number of ether oxygens (including phenoxy) is 2. The van der Waals surface area contributed by atoms with E-state index in [1.807, 2.05) is 0 Å². The zero-order chi connectivity index (χ0) is 12.1. The molecular formula is C10H13F2NO3. The Kier molecular flexibility index (Phi) is 4.45. The Hall–Kier alpha value is -1.40. The molecule has 0 bridgehead atoms. The molecular weight excluding hydrogens is 220 g/mol. The summed E-state index contributed by atoms with van der Waals surface area (Å²) in [7, 11) is 3.94. The Morgan fingerprint density at radius 3 is 1.94 bits per heavy atom. The van der Waals surface area contributed by atoms with Crippen LogP contribution in [0.5, 0.6) is 11.5 Å². The lowest BCUT2D eigenvalue weighted by Crippen LogP contribution is -2.14. The van der Waals surface area contributed by atoms with Gasteiger partial charge in [-0.3, -0.25) is 0 Å². The summed E-state index contributed by atoms with van der Waals surface area (Å²) >= 11 is 0. The second-order valence-electron chi connectivity index (χ2n) is 2.91. The standard InChI is InChI=1S/C10H13F2NO3/c1-14-7-4-8(15-2)10(12)6(9(7)11)5-13-16-3/h4,13H,5H2,1-3H3. The zero-order valence-corrected chi connectivity index (χ0v) is 9.27. The van der Waals surface area contributed by atoms with E-state index >= 15 is 0 Å². The number of hydrogen-bond donors (Lipinski definition) is 1. The average molecular weight is 233 g/mol. The van der Waals surface area contributed by atoms with Crippen molar-refractivity contribution in [2.45, 2.75) is 6.54 Å². The second-order valence-corrected chi connectivity index (χ2v) is 2.91. The molecule has 4 nitrogen and oxygen atoms in total. The van der Waals surface area contributed by atoms with Gasteiger partial charge in [0.2, 0.25) is 0 Å². The van der Waals surface area contributed by atoms with Crippen LogP contribution in [0.2, 0.25) is 0 Å². The van der Waals surface area contributed by atoms with Gasteiger partial charge in [-0.25, -0.2) is 8.78 Å². The van der Waals surface area contributed by atoms with Crippen LogP contribution in [0.15, 0.2) is 6.07 Å². The first-order valence-electron chi connectivity index (χ1n) is 4.50. The van der Waals surface area contributed by atoms with Crippen LogP contribution in [0.1, 0.15) is 5.56 Å². The zero-order valence-electron chi connectivity index (χ0n) is 9.27. The Balaban J connectivity index is 3.20. The normalized spacial score (nSPS) is 10.3. The Morgan fingerprint density at radius 2 is 1.56 bits per heavy atom. The number of methoxy groups -OCH3 is 2. The van der Waals surface area contributed by atoms with Gasteiger partial charge in [-0.15, -0.1) is 0 Å². The summed E-state index contributed by atoms with van der Waals surface area (Å²) in [5, 5.41) is 0. The highest BCUT2D eigenvalue weighted by Gasteiger charge is 2.19. The van der Waals surface area contributed by atoms with Gasteiger partial charge in [0.05, 0.1) is 27.9 Å². The summed E-state index contributed by atoms with van der Waals surface area (Å²) in [5.74, 6) is -1.70. The van der Waals surface area contributed by atoms with Crippen LogP contribution in [0.25, 0.3) is 0 Å². The minimum absolute atomic E-state index is 0.0776. The van der Waals surface area contributed by atoms with Crippen LogP contribution in [0.4, 0.5) is 8.78 Å². The van der Waals surface area contributed by atoms with E-state index < -0.39 is 11.6 Å². The van der Waals surface area contributed by atoms with Gasteiger partial charge in [-0.05, 0) is 0 Å². The van der Waals surface area contributed by atoms with Crippen molar-refractivity contribution in [1.29, 1.82) is 0 Å². The van der Waals surface area contributed by atoms with Crippen molar-refractivity contribution in [3.63, 3.8) is 0 Å². The fourth-order valence-electron chi connectivity index (χ4n) is 1.24. The number of rotatable bonds is 5. The monoisotopic (exact) mass is 233 g/mol. The molecule has 1 N–H and O–H groups in total. The smallest absolute Gasteiger partial charge is 0.172 e. The Bertz CT molecular complexity index is 343. The molecule has 0 amide bonds. The van der Waals surface area contributed by atoms with Gasteiger partial charge < -0.3 is 14.3 Å². The molecule has 6 heteroatoms. The fourth-order valence-corrected chi connectivity index (χ4v) is 1.24. The van der Waals surface area contributed by atoms with E-state index in [2.05, 4.69) is 10.3 Å². The predicted octanol–water partition coefficient (Wildman–Crippen LogP) is 1.63. The van der Waals surface area contributed by atoms with Gasteiger partial charge in [0.15, 0.2) is 23.1 Å².